The molecule has 3 unspecified atom stereocenters. The van der Waals surface area contributed by atoms with Crippen molar-refractivity contribution >= 4 is 18.3 Å². The second-order valence-corrected chi connectivity index (χ2v) is 7.28. The second kappa shape index (κ2) is 9.15. The number of benzene rings is 1. The van der Waals surface area contributed by atoms with Crippen molar-refractivity contribution < 1.29 is 22.7 Å². The smallest absolute Gasteiger partial charge is 0.405 e. The van der Waals surface area contributed by atoms with Gasteiger partial charge in [0.1, 0.15) is 5.75 Å². The average molecular weight is 407 g/mol. The number of carbonyl (C=O) groups is 1. The van der Waals surface area contributed by atoms with Gasteiger partial charge in [0.25, 0.3) is 0 Å². The highest BCUT2D eigenvalue weighted by molar-refractivity contribution is 5.85. The maximum atomic E-state index is 12.6. The van der Waals surface area contributed by atoms with Crippen molar-refractivity contribution in [3.8, 4) is 5.75 Å². The van der Waals surface area contributed by atoms with Crippen LogP contribution in [0, 0.1) is 11.8 Å². The summed E-state index contributed by atoms with van der Waals surface area (Å²) in [6.07, 6.45) is 1.47. The molecule has 2 aliphatic carbocycles. The summed E-state index contributed by atoms with van der Waals surface area (Å²) >= 11 is 0. The molecule has 3 atom stereocenters. The summed E-state index contributed by atoms with van der Waals surface area (Å²) in [5, 5.41) is 3.04. The number of amides is 1. The molecule has 0 spiro atoms. The lowest BCUT2D eigenvalue weighted by Gasteiger charge is -2.30. The number of ether oxygens (including phenoxy) is 1. The van der Waals surface area contributed by atoms with E-state index in [1.807, 2.05) is 0 Å². The van der Waals surface area contributed by atoms with E-state index >= 15 is 0 Å². The van der Waals surface area contributed by atoms with Crippen LogP contribution in [0.25, 0.3) is 0 Å². The molecule has 0 saturated heterocycles. The maximum Gasteiger partial charge on any atom is 0.573 e. The molecule has 0 radical (unpaired) electrons. The lowest BCUT2D eigenvalue weighted by atomic mass is 9.84. The summed E-state index contributed by atoms with van der Waals surface area (Å²) in [4.78, 5) is 12.6. The van der Waals surface area contributed by atoms with E-state index in [0.717, 1.165) is 25.7 Å². The molecule has 4 nitrogen and oxygen atoms in total. The number of halogens is 4. The molecule has 27 heavy (non-hydrogen) atoms. The first-order valence-electron chi connectivity index (χ1n) is 9.24. The highest BCUT2D eigenvalue weighted by Gasteiger charge is 2.47. The fraction of sp³-hybridized carbons (Fsp3) is 0.632. The average Bonchev–Trinajstić information content (AvgIpc) is 3.40. The molecule has 0 heterocycles. The number of nitrogens with two attached hydrogens (primary N) is 1. The lowest BCUT2D eigenvalue weighted by molar-refractivity contribution is -0.274. The Labute approximate surface area is 163 Å². The van der Waals surface area contributed by atoms with E-state index in [-0.39, 0.29) is 41.9 Å². The fourth-order valence-corrected chi connectivity index (χ4v) is 4.03. The van der Waals surface area contributed by atoms with E-state index in [1.165, 1.54) is 18.6 Å². The molecule has 3 N–H and O–H groups in total. The van der Waals surface area contributed by atoms with E-state index in [2.05, 4.69) is 10.1 Å². The molecule has 1 aromatic rings. The topological polar surface area (TPSA) is 64.3 Å². The molecule has 0 bridgehead atoms. The maximum absolute atomic E-state index is 12.6. The van der Waals surface area contributed by atoms with Gasteiger partial charge >= 0.3 is 6.36 Å². The molecule has 2 aliphatic rings. The third-order valence-corrected chi connectivity index (χ3v) is 5.47. The van der Waals surface area contributed by atoms with Crippen molar-refractivity contribution in [2.45, 2.75) is 56.8 Å². The standard InChI is InChI=1S/C19H25F3N2O2.ClH/c20-19(21,22)26-17-9-5-4-8-13(17)14-10-15(14)18(25)24-16(11-23)12-6-2-1-3-7-12;/h4-5,8-9,12,14-16H,1-3,6-7,10-11,23H2,(H,24,25);1H. The molecule has 2 fully saturated rings. The summed E-state index contributed by atoms with van der Waals surface area (Å²) in [6.45, 7) is 0.390. The first-order chi connectivity index (χ1) is 12.4. The monoisotopic (exact) mass is 406 g/mol. The number of nitrogens with one attached hydrogen (secondary N) is 1. The van der Waals surface area contributed by atoms with E-state index in [4.69, 9.17) is 5.73 Å². The minimum Gasteiger partial charge on any atom is -0.405 e. The van der Waals surface area contributed by atoms with Gasteiger partial charge in [-0.25, -0.2) is 0 Å². The van der Waals surface area contributed by atoms with Gasteiger partial charge in [-0.2, -0.15) is 0 Å². The summed E-state index contributed by atoms with van der Waals surface area (Å²) in [6, 6.07) is 6.00. The van der Waals surface area contributed by atoms with Crippen LogP contribution in [0.1, 0.15) is 50.0 Å². The summed E-state index contributed by atoms with van der Waals surface area (Å²) in [5.74, 6) is -0.486. The van der Waals surface area contributed by atoms with Crippen molar-refractivity contribution in [3.63, 3.8) is 0 Å². The first kappa shape index (κ1) is 21.8. The number of hydrogen-bond acceptors (Lipinski definition) is 3. The molecule has 2 saturated carbocycles. The van der Waals surface area contributed by atoms with Gasteiger partial charge in [-0.1, -0.05) is 37.5 Å². The minimum absolute atomic E-state index is 0. The highest BCUT2D eigenvalue weighted by Crippen LogP contribution is 2.51. The molecule has 1 aromatic carbocycles. The van der Waals surface area contributed by atoms with Gasteiger partial charge in [0.05, 0.1) is 0 Å². The Bertz CT molecular complexity index is 636. The Kier molecular flexibility index (Phi) is 7.40. The van der Waals surface area contributed by atoms with Crippen LogP contribution in [0.15, 0.2) is 24.3 Å². The Morgan fingerprint density at radius 1 is 1.22 bits per heavy atom. The van der Waals surface area contributed by atoms with Crippen LogP contribution >= 0.6 is 12.4 Å². The Balaban J connectivity index is 0.00000261. The van der Waals surface area contributed by atoms with Crippen LogP contribution in [-0.4, -0.2) is 24.9 Å². The number of alkyl halides is 3. The summed E-state index contributed by atoms with van der Waals surface area (Å²) < 4.78 is 41.8. The number of rotatable bonds is 6. The zero-order valence-electron chi connectivity index (χ0n) is 15.0. The predicted octanol–water partition coefficient (Wildman–Crippen LogP) is 4.13. The Hall–Kier alpha value is -1.47. The van der Waals surface area contributed by atoms with Crippen LogP contribution in [0.5, 0.6) is 5.75 Å². The summed E-state index contributed by atoms with van der Waals surface area (Å²) in [7, 11) is 0. The van der Waals surface area contributed by atoms with E-state index < -0.39 is 6.36 Å². The normalized spacial score (nSPS) is 23.9. The zero-order valence-corrected chi connectivity index (χ0v) is 15.8. The number of para-hydroxylation sites is 1. The largest absolute Gasteiger partial charge is 0.573 e. The van der Waals surface area contributed by atoms with Crippen molar-refractivity contribution in [1.29, 1.82) is 0 Å². The van der Waals surface area contributed by atoms with Gasteiger partial charge in [-0.3, -0.25) is 4.79 Å². The molecular weight excluding hydrogens is 381 g/mol. The van der Waals surface area contributed by atoms with E-state index in [9.17, 15) is 18.0 Å². The minimum atomic E-state index is -4.74. The molecule has 152 valence electrons. The van der Waals surface area contributed by atoms with Gasteiger partial charge in [0.2, 0.25) is 5.91 Å². The lowest BCUT2D eigenvalue weighted by Crippen LogP contribution is -2.46. The third kappa shape index (κ3) is 5.75. The van der Waals surface area contributed by atoms with Crippen LogP contribution < -0.4 is 15.8 Å². The van der Waals surface area contributed by atoms with Crippen molar-refractivity contribution in [2.24, 2.45) is 17.6 Å². The molecule has 0 aliphatic heterocycles. The quantitative estimate of drug-likeness (QED) is 0.746. The molecular formula is C19H26ClF3N2O2. The first-order valence-corrected chi connectivity index (χ1v) is 9.24. The summed E-state index contributed by atoms with van der Waals surface area (Å²) in [5.41, 5.74) is 6.29. The highest BCUT2D eigenvalue weighted by atomic mass is 35.5. The molecule has 3 rings (SSSR count). The van der Waals surface area contributed by atoms with Crippen molar-refractivity contribution in [3.05, 3.63) is 29.8 Å². The van der Waals surface area contributed by atoms with Gasteiger partial charge in [-0.05, 0) is 42.7 Å². The Morgan fingerprint density at radius 3 is 2.52 bits per heavy atom. The molecule has 8 heteroatoms. The second-order valence-electron chi connectivity index (χ2n) is 7.28. The number of hydrogen-bond donors (Lipinski definition) is 2. The predicted molar refractivity (Wildman–Crippen MR) is 98.8 cm³/mol. The number of carbonyl (C=O) groups excluding carboxylic acids is 1. The van der Waals surface area contributed by atoms with Crippen LogP contribution in [-0.2, 0) is 4.79 Å². The van der Waals surface area contributed by atoms with Crippen molar-refractivity contribution in [2.75, 3.05) is 6.54 Å². The Morgan fingerprint density at radius 2 is 1.89 bits per heavy atom. The third-order valence-electron chi connectivity index (χ3n) is 5.47. The van der Waals surface area contributed by atoms with E-state index in [1.54, 1.807) is 12.1 Å². The van der Waals surface area contributed by atoms with Crippen molar-refractivity contribution in [1.82, 2.24) is 5.32 Å². The molecule has 0 aromatic heterocycles. The van der Waals surface area contributed by atoms with Crippen LogP contribution in [0.3, 0.4) is 0 Å². The SMILES string of the molecule is Cl.NCC(NC(=O)C1CC1c1ccccc1OC(F)(F)F)C1CCCCC1. The van der Waals surface area contributed by atoms with Crippen LogP contribution in [0.4, 0.5) is 13.2 Å². The zero-order chi connectivity index (χ0) is 18.7. The van der Waals surface area contributed by atoms with Gasteiger partial charge in [0, 0.05) is 18.5 Å². The fourth-order valence-electron chi connectivity index (χ4n) is 4.03. The van der Waals surface area contributed by atoms with Gasteiger partial charge < -0.3 is 15.8 Å². The molecule has 1 amide bonds. The van der Waals surface area contributed by atoms with Crippen LogP contribution in [0.2, 0.25) is 0 Å². The van der Waals surface area contributed by atoms with Gasteiger partial charge in [0.15, 0.2) is 0 Å². The van der Waals surface area contributed by atoms with E-state index in [0.29, 0.717) is 24.4 Å². The van der Waals surface area contributed by atoms with Gasteiger partial charge in [-0.15, -0.1) is 25.6 Å².